The number of halogens is 1. The number of tetrazole rings is 1. The molecule has 2 heterocycles. The molecule has 0 fully saturated rings. The summed E-state index contributed by atoms with van der Waals surface area (Å²) in [4.78, 5) is 37.8. The standard InChI is InChI=1S/C27H21ClN8O4/c28-18-7-10-23(36-15-29-34-35-36)17(13-18)6-11-24(37)31-22(12-16-4-2-1-3-5-16)26(38)30-19-8-9-21-20(14-19)25(27(39)40)33-32-21/h1-11,13-15,22H,12H2,(H,30,38)(H,31,37)(H,32,33)(H,39,40)/t22-/m0/s1. The molecule has 0 unspecified atom stereocenters. The third-order valence-electron chi connectivity index (χ3n) is 5.95. The zero-order valence-electron chi connectivity index (χ0n) is 20.7. The van der Waals surface area contributed by atoms with Crippen LogP contribution in [0.2, 0.25) is 5.02 Å². The molecule has 0 radical (unpaired) electrons. The Morgan fingerprint density at radius 2 is 1.90 bits per heavy atom. The second kappa shape index (κ2) is 11.6. The maximum atomic E-state index is 13.3. The van der Waals surface area contributed by atoms with Gasteiger partial charge in [-0.3, -0.25) is 14.7 Å². The van der Waals surface area contributed by atoms with Crippen LogP contribution < -0.4 is 10.6 Å². The number of carboxylic acid groups (broad SMARTS) is 1. The van der Waals surface area contributed by atoms with E-state index in [2.05, 4.69) is 36.4 Å². The molecule has 12 nitrogen and oxygen atoms in total. The molecule has 5 rings (SSSR count). The minimum Gasteiger partial charge on any atom is -0.476 e. The average Bonchev–Trinajstić information content (AvgIpc) is 3.62. The summed E-state index contributed by atoms with van der Waals surface area (Å²) in [6.07, 6.45) is 4.48. The molecule has 0 saturated heterocycles. The number of rotatable bonds is 9. The maximum Gasteiger partial charge on any atom is 0.357 e. The molecule has 4 N–H and O–H groups in total. The van der Waals surface area contributed by atoms with E-state index < -0.39 is 23.8 Å². The first-order valence-electron chi connectivity index (χ1n) is 11.9. The lowest BCUT2D eigenvalue weighted by Crippen LogP contribution is -2.44. The lowest BCUT2D eigenvalue weighted by Gasteiger charge is -2.18. The predicted molar refractivity (Wildman–Crippen MR) is 147 cm³/mol. The van der Waals surface area contributed by atoms with Crippen LogP contribution in [-0.2, 0) is 16.0 Å². The van der Waals surface area contributed by atoms with Crippen LogP contribution in [-0.4, -0.2) is 59.3 Å². The maximum absolute atomic E-state index is 13.3. The summed E-state index contributed by atoms with van der Waals surface area (Å²) in [6, 6.07) is 18.1. The van der Waals surface area contributed by atoms with Crippen molar-refractivity contribution in [3.8, 4) is 5.69 Å². The Balaban J connectivity index is 1.37. The number of hydrogen-bond donors (Lipinski definition) is 4. The topological polar surface area (TPSA) is 168 Å². The molecule has 0 aliphatic heterocycles. The lowest BCUT2D eigenvalue weighted by molar-refractivity contribution is -0.123. The van der Waals surface area contributed by atoms with Gasteiger partial charge in [0.05, 0.1) is 11.2 Å². The number of aromatic carboxylic acids is 1. The summed E-state index contributed by atoms with van der Waals surface area (Å²) in [5.41, 5.74) is 2.73. The number of anilines is 1. The third-order valence-corrected chi connectivity index (χ3v) is 6.18. The van der Waals surface area contributed by atoms with E-state index in [0.717, 1.165) is 5.56 Å². The molecule has 2 aromatic heterocycles. The Morgan fingerprint density at radius 3 is 2.65 bits per heavy atom. The van der Waals surface area contributed by atoms with E-state index in [1.54, 1.807) is 36.4 Å². The van der Waals surface area contributed by atoms with Gasteiger partial charge in [-0.1, -0.05) is 41.9 Å². The van der Waals surface area contributed by atoms with Crippen molar-refractivity contribution in [2.24, 2.45) is 0 Å². The number of hydrogen-bond acceptors (Lipinski definition) is 7. The Morgan fingerprint density at radius 1 is 1.07 bits per heavy atom. The van der Waals surface area contributed by atoms with E-state index in [9.17, 15) is 19.5 Å². The Labute approximate surface area is 231 Å². The molecule has 0 saturated carbocycles. The Hall–Kier alpha value is -5.36. The smallest absolute Gasteiger partial charge is 0.357 e. The molecule has 2 amide bonds. The second-order valence-electron chi connectivity index (χ2n) is 8.67. The molecule has 0 bridgehead atoms. The van der Waals surface area contributed by atoms with Gasteiger partial charge < -0.3 is 15.7 Å². The first-order chi connectivity index (χ1) is 19.4. The molecular formula is C27H21ClN8O4. The highest BCUT2D eigenvalue weighted by molar-refractivity contribution is 6.30. The number of carbonyl (C=O) groups is 3. The summed E-state index contributed by atoms with van der Waals surface area (Å²) < 4.78 is 1.44. The summed E-state index contributed by atoms with van der Waals surface area (Å²) in [6.45, 7) is 0. The van der Waals surface area contributed by atoms with Crippen LogP contribution in [0.5, 0.6) is 0 Å². The van der Waals surface area contributed by atoms with Gasteiger partial charge in [-0.2, -0.15) is 9.78 Å². The molecule has 0 aliphatic carbocycles. The summed E-state index contributed by atoms with van der Waals surface area (Å²) in [7, 11) is 0. The number of fused-ring (bicyclic) bond motifs is 1. The predicted octanol–water partition coefficient (Wildman–Crippen LogP) is 3.27. The molecule has 1 atom stereocenters. The number of nitrogens with zero attached hydrogens (tertiary/aromatic N) is 5. The number of carbonyl (C=O) groups excluding carboxylic acids is 2. The van der Waals surface area contributed by atoms with Crippen LogP contribution in [0.4, 0.5) is 5.69 Å². The first-order valence-corrected chi connectivity index (χ1v) is 12.3. The molecule has 13 heteroatoms. The van der Waals surface area contributed by atoms with E-state index in [1.165, 1.54) is 23.2 Å². The van der Waals surface area contributed by atoms with Gasteiger partial charge in [0.15, 0.2) is 5.69 Å². The van der Waals surface area contributed by atoms with Crippen LogP contribution in [0.25, 0.3) is 22.7 Å². The van der Waals surface area contributed by atoms with Gasteiger partial charge in [-0.25, -0.2) is 4.79 Å². The quantitative estimate of drug-likeness (QED) is 0.201. The molecule has 5 aromatic rings. The molecule has 40 heavy (non-hydrogen) atoms. The third kappa shape index (κ3) is 6.03. The highest BCUT2D eigenvalue weighted by Crippen LogP contribution is 2.22. The minimum atomic E-state index is -1.20. The van der Waals surface area contributed by atoms with Crippen LogP contribution >= 0.6 is 11.6 Å². The summed E-state index contributed by atoms with van der Waals surface area (Å²) in [5, 5.41) is 33.3. The number of H-pyrrole nitrogens is 1. The van der Waals surface area contributed by atoms with E-state index >= 15 is 0 Å². The number of carboxylic acids is 1. The van der Waals surface area contributed by atoms with Crippen molar-refractivity contribution in [2.45, 2.75) is 12.5 Å². The van der Waals surface area contributed by atoms with Crippen LogP contribution in [0.1, 0.15) is 21.6 Å². The highest BCUT2D eigenvalue weighted by Gasteiger charge is 2.22. The Kier molecular flexibility index (Phi) is 7.60. The molecule has 3 aromatic carbocycles. The van der Waals surface area contributed by atoms with Crippen LogP contribution in [0.15, 0.2) is 79.1 Å². The fraction of sp³-hybridized carbons (Fsp3) is 0.0741. The fourth-order valence-corrected chi connectivity index (χ4v) is 4.25. The zero-order valence-corrected chi connectivity index (χ0v) is 21.4. The van der Waals surface area contributed by atoms with Crippen molar-refractivity contribution in [1.29, 1.82) is 0 Å². The minimum absolute atomic E-state index is 0.160. The van der Waals surface area contributed by atoms with Gasteiger partial charge in [-0.15, -0.1) is 5.10 Å². The van der Waals surface area contributed by atoms with Gasteiger partial charge in [-0.05, 0) is 58.5 Å². The van der Waals surface area contributed by atoms with Crippen molar-refractivity contribution < 1.29 is 19.5 Å². The molecule has 0 spiro atoms. The van der Waals surface area contributed by atoms with E-state index in [1.807, 2.05) is 30.3 Å². The number of aromatic amines is 1. The van der Waals surface area contributed by atoms with Crippen molar-refractivity contribution in [3.63, 3.8) is 0 Å². The molecular weight excluding hydrogens is 536 g/mol. The van der Waals surface area contributed by atoms with E-state index in [4.69, 9.17) is 11.6 Å². The highest BCUT2D eigenvalue weighted by atomic mass is 35.5. The van der Waals surface area contributed by atoms with Crippen molar-refractivity contribution in [3.05, 3.63) is 101 Å². The lowest BCUT2D eigenvalue weighted by atomic mass is 10.0. The van der Waals surface area contributed by atoms with Crippen LogP contribution in [0, 0.1) is 0 Å². The van der Waals surface area contributed by atoms with E-state index in [0.29, 0.717) is 32.9 Å². The van der Waals surface area contributed by atoms with E-state index in [-0.39, 0.29) is 12.1 Å². The van der Waals surface area contributed by atoms with Crippen LogP contribution in [0.3, 0.4) is 0 Å². The molecule has 200 valence electrons. The number of nitrogens with one attached hydrogen (secondary N) is 3. The SMILES string of the molecule is O=C(C=Cc1cc(Cl)ccc1-n1cnnn1)N[C@@H](Cc1ccccc1)C(=O)Nc1ccc2[nH]nc(C(=O)O)c2c1. The summed E-state index contributed by atoms with van der Waals surface area (Å²) in [5.74, 6) is -2.20. The van der Waals surface area contributed by atoms with Crippen molar-refractivity contribution >= 4 is 52.1 Å². The largest absolute Gasteiger partial charge is 0.476 e. The average molecular weight is 557 g/mol. The van der Waals surface area contributed by atoms with Gasteiger partial charge in [0.1, 0.15) is 12.4 Å². The van der Waals surface area contributed by atoms with Crippen molar-refractivity contribution in [1.82, 2.24) is 35.7 Å². The first kappa shape index (κ1) is 26.3. The molecule has 0 aliphatic rings. The normalized spacial score (nSPS) is 11.9. The number of benzene rings is 3. The Bertz CT molecular complexity index is 1720. The van der Waals surface area contributed by atoms with Gasteiger partial charge in [0.2, 0.25) is 11.8 Å². The zero-order chi connectivity index (χ0) is 28.1. The second-order valence-corrected chi connectivity index (χ2v) is 9.11. The number of amides is 2. The monoisotopic (exact) mass is 556 g/mol. The van der Waals surface area contributed by atoms with Gasteiger partial charge in [0.25, 0.3) is 0 Å². The fourth-order valence-electron chi connectivity index (χ4n) is 4.07. The van der Waals surface area contributed by atoms with Gasteiger partial charge in [0, 0.05) is 34.2 Å². The van der Waals surface area contributed by atoms with Crippen molar-refractivity contribution in [2.75, 3.05) is 5.32 Å². The summed E-state index contributed by atoms with van der Waals surface area (Å²) >= 11 is 6.16. The van der Waals surface area contributed by atoms with Gasteiger partial charge >= 0.3 is 5.97 Å². The number of aromatic nitrogens is 6.